The van der Waals surface area contributed by atoms with Gasteiger partial charge in [0.15, 0.2) is 0 Å². The van der Waals surface area contributed by atoms with Gasteiger partial charge in [-0.25, -0.2) is 0 Å². The fourth-order valence-electron chi connectivity index (χ4n) is 1.33. The zero-order chi connectivity index (χ0) is 8.60. The first kappa shape index (κ1) is 7.94. The first-order chi connectivity index (χ1) is 5.73. The Balaban J connectivity index is 1.98. The molecule has 0 unspecified atom stereocenters. The van der Waals surface area contributed by atoms with E-state index >= 15 is 0 Å². The molecular weight excluding hydrogens is 174 g/mol. The molecule has 0 amide bonds. The van der Waals surface area contributed by atoms with E-state index in [9.17, 15) is 5.11 Å². The Morgan fingerprint density at radius 2 is 2.50 bits per heavy atom. The number of nitrogens with zero attached hydrogens (tertiary/aromatic N) is 3. The molecule has 2 rings (SSSR count). The SMILES string of the molecule is CCC1(O)CN(c2nncs2)C1. The highest BCUT2D eigenvalue weighted by Crippen LogP contribution is 2.30. The van der Waals surface area contributed by atoms with E-state index < -0.39 is 5.60 Å². The van der Waals surface area contributed by atoms with E-state index in [4.69, 9.17) is 0 Å². The summed E-state index contributed by atoms with van der Waals surface area (Å²) in [6.07, 6.45) is 0.808. The molecule has 1 aromatic rings. The van der Waals surface area contributed by atoms with Crippen molar-refractivity contribution < 1.29 is 5.11 Å². The normalized spacial score (nSPS) is 20.7. The van der Waals surface area contributed by atoms with Crippen LogP contribution >= 0.6 is 11.3 Å². The molecule has 2 heterocycles. The molecule has 1 aliphatic heterocycles. The van der Waals surface area contributed by atoms with Crippen molar-refractivity contribution in [1.29, 1.82) is 0 Å². The summed E-state index contributed by atoms with van der Waals surface area (Å²) < 4.78 is 0. The lowest BCUT2D eigenvalue weighted by Gasteiger charge is -2.45. The van der Waals surface area contributed by atoms with Gasteiger partial charge in [-0.2, -0.15) is 0 Å². The standard InChI is InChI=1S/C7H11N3OS/c1-2-7(11)3-10(4-7)6-9-8-5-12-6/h5,11H,2-4H2,1H3. The number of aromatic nitrogens is 2. The van der Waals surface area contributed by atoms with Crippen molar-refractivity contribution in [3.05, 3.63) is 5.51 Å². The molecule has 0 atom stereocenters. The molecule has 1 saturated heterocycles. The quantitative estimate of drug-likeness (QED) is 0.729. The second-order valence-electron chi connectivity index (χ2n) is 3.16. The van der Waals surface area contributed by atoms with Gasteiger partial charge in [-0.3, -0.25) is 0 Å². The third kappa shape index (κ3) is 1.19. The van der Waals surface area contributed by atoms with Crippen molar-refractivity contribution >= 4 is 16.5 Å². The van der Waals surface area contributed by atoms with E-state index in [-0.39, 0.29) is 0 Å². The highest BCUT2D eigenvalue weighted by Gasteiger charge is 2.40. The summed E-state index contributed by atoms with van der Waals surface area (Å²) in [5.74, 6) is 0. The van der Waals surface area contributed by atoms with Crippen molar-refractivity contribution in [3.63, 3.8) is 0 Å². The van der Waals surface area contributed by atoms with Gasteiger partial charge in [0.2, 0.25) is 5.13 Å². The van der Waals surface area contributed by atoms with Crippen LogP contribution in [0.5, 0.6) is 0 Å². The largest absolute Gasteiger partial charge is 0.386 e. The van der Waals surface area contributed by atoms with Crippen LogP contribution in [0.1, 0.15) is 13.3 Å². The maximum atomic E-state index is 9.70. The van der Waals surface area contributed by atoms with Crippen LogP contribution in [0.25, 0.3) is 0 Å². The highest BCUT2D eigenvalue weighted by atomic mass is 32.1. The minimum absolute atomic E-state index is 0.480. The number of rotatable bonds is 2. The molecule has 0 aromatic carbocycles. The van der Waals surface area contributed by atoms with Gasteiger partial charge in [0.05, 0.1) is 18.7 Å². The van der Waals surface area contributed by atoms with E-state index in [0.717, 1.165) is 11.6 Å². The molecule has 0 radical (unpaired) electrons. The molecule has 66 valence electrons. The van der Waals surface area contributed by atoms with Gasteiger partial charge < -0.3 is 10.0 Å². The molecule has 0 spiro atoms. The van der Waals surface area contributed by atoms with Crippen LogP contribution in [0.4, 0.5) is 5.13 Å². The van der Waals surface area contributed by atoms with E-state index in [1.54, 1.807) is 5.51 Å². The van der Waals surface area contributed by atoms with Gasteiger partial charge in [-0.1, -0.05) is 18.3 Å². The first-order valence-electron chi connectivity index (χ1n) is 3.97. The Morgan fingerprint density at radius 3 is 3.00 bits per heavy atom. The molecular formula is C7H11N3OS. The lowest BCUT2D eigenvalue weighted by Crippen LogP contribution is -2.61. The molecule has 5 heteroatoms. The third-order valence-electron chi connectivity index (χ3n) is 2.25. The summed E-state index contributed by atoms with van der Waals surface area (Å²) in [7, 11) is 0. The van der Waals surface area contributed by atoms with Crippen LogP contribution in [0.15, 0.2) is 5.51 Å². The maximum Gasteiger partial charge on any atom is 0.208 e. The average molecular weight is 185 g/mol. The van der Waals surface area contributed by atoms with E-state index in [2.05, 4.69) is 10.2 Å². The maximum absolute atomic E-state index is 9.70. The van der Waals surface area contributed by atoms with Gasteiger partial charge in [-0.15, -0.1) is 10.2 Å². The predicted molar refractivity (Wildman–Crippen MR) is 47.4 cm³/mol. The number of hydrogen-bond donors (Lipinski definition) is 1. The minimum Gasteiger partial charge on any atom is -0.386 e. The lowest BCUT2D eigenvalue weighted by molar-refractivity contribution is 0.00845. The average Bonchev–Trinajstić information content (AvgIpc) is 2.50. The molecule has 4 nitrogen and oxygen atoms in total. The third-order valence-corrected chi connectivity index (χ3v) is 3.00. The van der Waals surface area contributed by atoms with Crippen molar-refractivity contribution in [2.75, 3.05) is 18.0 Å². The predicted octanol–water partition coefficient (Wildman–Crippen LogP) is 0.499. The highest BCUT2D eigenvalue weighted by molar-refractivity contribution is 7.13. The molecule has 1 aliphatic rings. The zero-order valence-corrected chi connectivity index (χ0v) is 7.71. The van der Waals surface area contributed by atoms with Crippen molar-refractivity contribution in [2.45, 2.75) is 18.9 Å². The van der Waals surface area contributed by atoms with E-state index in [1.165, 1.54) is 11.3 Å². The van der Waals surface area contributed by atoms with Crippen LogP contribution in [0, 0.1) is 0 Å². The fraction of sp³-hybridized carbons (Fsp3) is 0.714. The molecule has 1 N–H and O–H groups in total. The van der Waals surface area contributed by atoms with Gasteiger partial charge >= 0.3 is 0 Å². The molecule has 0 saturated carbocycles. The van der Waals surface area contributed by atoms with Crippen LogP contribution in [-0.4, -0.2) is 34.0 Å². The smallest absolute Gasteiger partial charge is 0.208 e. The topological polar surface area (TPSA) is 49.2 Å². The number of hydrogen-bond acceptors (Lipinski definition) is 5. The van der Waals surface area contributed by atoms with Gasteiger partial charge in [0.25, 0.3) is 0 Å². The Hall–Kier alpha value is -0.680. The van der Waals surface area contributed by atoms with Crippen molar-refractivity contribution in [1.82, 2.24) is 10.2 Å². The summed E-state index contributed by atoms with van der Waals surface area (Å²) in [5, 5.41) is 18.3. The molecule has 12 heavy (non-hydrogen) atoms. The first-order valence-corrected chi connectivity index (χ1v) is 4.85. The number of β-amino-alcohol motifs (C(OH)–C–C–N with tert-alkyl or cyclic N) is 1. The number of aliphatic hydroxyl groups is 1. The summed E-state index contributed by atoms with van der Waals surface area (Å²) in [6.45, 7) is 3.38. The monoisotopic (exact) mass is 185 g/mol. The van der Waals surface area contributed by atoms with E-state index in [1.807, 2.05) is 11.8 Å². The second-order valence-corrected chi connectivity index (χ2v) is 3.97. The second kappa shape index (κ2) is 2.67. The van der Waals surface area contributed by atoms with Crippen LogP contribution in [0.3, 0.4) is 0 Å². The summed E-state index contributed by atoms with van der Waals surface area (Å²) >= 11 is 1.51. The molecule has 0 aliphatic carbocycles. The molecule has 0 bridgehead atoms. The fourth-order valence-corrected chi connectivity index (χ4v) is 1.89. The Labute approximate surface area is 74.9 Å². The minimum atomic E-state index is -0.480. The summed E-state index contributed by atoms with van der Waals surface area (Å²) in [6, 6.07) is 0. The molecule has 1 fully saturated rings. The lowest BCUT2D eigenvalue weighted by atomic mass is 9.92. The number of anilines is 1. The van der Waals surface area contributed by atoms with Crippen molar-refractivity contribution in [2.24, 2.45) is 0 Å². The Morgan fingerprint density at radius 1 is 1.75 bits per heavy atom. The van der Waals surface area contributed by atoms with Gasteiger partial charge in [0, 0.05) is 0 Å². The van der Waals surface area contributed by atoms with Gasteiger partial charge in [-0.05, 0) is 6.42 Å². The summed E-state index contributed by atoms with van der Waals surface area (Å²) in [5.41, 5.74) is 1.23. The summed E-state index contributed by atoms with van der Waals surface area (Å²) in [4.78, 5) is 2.04. The molecule has 1 aromatic heterocycles. The van der Waals surface area contributed by atoms with Gasteiger partial charge in [0.1, 0.15) is 5.51 Å². The van der Waals surface area contributed by atoms with Crippen LogP contribution in [0.2, 0.25) is 0 Å². The zero-order valence-electron chi connectivity index (χ0n) is 6.90. The van der Waals surface area contributed by atoms with Crippen molar-refractivity contribution in [3.8, 4) is 0 Å². The van der Waals surface area contributed by atoms with Crippen LogP contribution in [-0.2, 0) is 0 Å². The van der Waals surface area contributed by atoms with Crippen LogP contribution < -0.4 is 4.90 Å². The Kier molecular flexibility index (Phi) is 1.77. The Bertz CT molecular complexity index is 256. The van der Waals surface area contributed by atoms with E-state index in [0.29, 0.717) is 13.1 Å².